The predicted molar refractivity (Wildman–Crippen MR) is 95.4 cm³/mol. The largest absolute Gasteiger partial charge is 0.454 e. The summed E-state index contributed by atoms with van der Waals surface area (Å²) in [5.41, 5.74) is 1.06. The van der Waals surface area contributed by atoms with Gasteiger partial charge in [0.05, 0.1) is 6.54 Å². The van der Waals surface area contributed by atoms with E-state index in [-0.39, 0.29) is 25.3 Å². The minimum Gasteiger partial charge on any atom is -0.454 e. The van der Waals surface area contributed by atoms with Crippen LogP contribution in [0.1, 0.15) is 29.5 Å². The fraction of sp³-hybridized carbons (Fsp3) is 0.471. The number of likely N-dealkylation sites (N-methyl/N-ethyl adjacent to an activating group) is 1. The number of hydrogen-bond donors (Lipinski definition) is 1. The highest BCUT2D eigenvalue weighted by Crippen LogP contribution is 2.33. The Hall–Kier alpha value is -2.23. The number of aromatic nitrogens is 2. The van der Waals surface area contributed by atoms with Gasteiger partial charge in [0.2, 0.25) is 17.8 Å². The molecule has 8 nitrogen and oxygen atoms in total. The zero-order valence-electron chi connectivity index (χ0n) is 14.4. The normalized spacial score (nSPS) is 18.5. The Morgan fingerprint density at radius 2 is 2.23 bits per heavy atom. The first kappa shape index (κ1) is 17.2. The molecule has 26 heavy (non-hydrogen) atoms. The van der Waals surface area contributed by atoms with Crippen molar-refractivity contribution in [2.24, 2.45) is 0 Å². The summed E-state index contributed by atoms with van der Waals surface area (Å²) in [6.07, 6.45) is 2.02. The minimum absolute atomic E-state index is 0.0202. The van der Waals surface area contributed by atoms with Crippen LogP contribution >= 0.6 is 11.3 Å². The van der Waals surface area contributed by atoms with Crippen LogP contribution in [0.5, 0.6) is 11.5 Å². The molecule has 1 saturated heterocycles. The average molecular weight is 376 g/mol. The molecule has 0 radical (unpaired) electrons. The Labute approximate surface area is 155 Å². The molecule has 2 aliphatic heterocycles. The first-order valence-electron chi connectivity index (χ1n) is 8.49. The van der Waals surface area contributed by atoms with E-state index >= 15 is 0 Å². The third-order valence-corrected chi connectivity index (χ3v) is 5.13. The van der Waals surface area contributed by atoms with E-state index in [9.17, 15) is 4.79 Å². The molecule has 0 unspecified atom stereocenters. The Morgan fingerprint density at radius 1 is 1.35 bits per heavy atom. The van der Waals surface area contributed by atoms with E-state index in [1.165, 1.54) is 11.3 Å². The highest BCUT2D eigenvalue weighted by Gasteiger charge is 2.22. The number of amides is 1. The fourth-order valence-corrected chi connectivity index (χ4v) is 3.84. The first-order chi connectivity index (χ1) is 12.7. The van der Waals surface area contributed by atoms with Gasteiger partial charge in [-0.15, -0.1) is 10.2 Å². The molecule has 1 atom stereocenters. The second-order valence-electron chi connectivity index (χ2n) is 6.36. The van der Waals surface area contributed by atoms with Gasteiger partial charge in [-0.2, -0.15) is 0 Å². The van der Waals surface area contributed by atoms with Crippen molar-refractivity contribution in [1.29, 1.82) is 0 Å². The lowest BCUT2D eigenvalue weighted by Crippen LogP contribution is -2.29. The maximum Gasteiger partial charge on any atom is 0.240 e. The quantitative estimate of drug-likeness (QED) is 0.827. The molecule has 1 aromatic heterocycles. The maximum absolute atomic E-state index is 12.2. The highest BCUT2D eigenvalue weighted by atomic mass is 32.1. The minimum atomic E-state index is -0.122. The Bertz CT molecular complexity index is 791. The van der Waals surface area contributed by atoms with Gasteiger partial charge in [0.15, 0.2) is 11.5 Å². The second kappa shape index (κ2) is 7.56. The summed E-state index contributed by atoms with van der Waals surface area (Å²) in [7, 11) is 1.89. The van der Waals surface area contributed by atoms with E-state index in [0.29, 0.717) is 11.7 Å². The number of ether oxygens (including phenoxy) is 3. The summed E-state index contributed by atoms with van der Waals surface area (Å²) >= 11 is 1.37. The number of nitrogens with zero attached hydrogens (tertiary/aromatic N) is 3. The fourth-order valence-electron chi connectivity index (χ4n) is 3.00. The van der Waals surface area contributed by atoms with Gasteiger partial charge < -0.3 is 14.2 Å². The average Bonchev–Trinajstić information content (AvgIpc) is 3.35. The summed E-state index contributed by atoms with van der Waals surface area (Å²) in [6.45, 7) is 1.90. The van der Waals surface area contributed by atoms with Crippen molar-refractivity contribution in [2.75, 3.05) is 32.3 Å². The van der Waals surface area contributed by atoms with Crippen LogP contribution in [0, 0.1) is 0 Å². The molecule has 1 aromatic carbocycles. The number of fused-ring (bicyclic) bond motifs is 1. The van der Waals surface area contributed by atoms with Crippen LogP contribution in [0.15, 0.2) is 18.2 Å². The molecular weight excluding hydrogens is 356 g/mol. The molecule has 1 N–H and O–H groups in total. The van der Waals surface area contributed by atoms with Gasteiger partial charge in [0.1, 0.15) is 11.1 Å². The van der Waals surface area contributed by atoms with Gasteiger partial charge in [-0.25, -0.2) is 0 Å². The Morgan fingerprint density at radius 3 is 3.08 bits per heavy atom. The SMILES string of the molecule is CN(CC(=O)Nc1nnc([C@@H]2CCCO2)s1)Cc1ccc2c(c1)OCO2. The van der Waals surface area contributed by atoms with E-state index < -0.39 is 0 Å². The molecule has 2 aliphatic rings. The molecular formula is C17H20N4O4S. The van der Waals surface area contributed by atoms with Crippen LogP contribution in [0.2, 0.25) is 0 Å². The van der Waals surface area contributed by atoms with Crippen molar-refractivity contribution in [3.8, 4) is 11.5 Å². The van der Waals surface area contributed by atoms with Crippen LogP contribution in [0.25, 0.3) is 0 Å². The lowest BCUT2D eigenvalue weighted by atomic mass is 10.2. The van der Waals surface area contributed by atoms with Crippen LogP contribution < -0.4 is 14.8 Å². The molecule has 0 aliphatic carbocycles. The lowest BCUT2D eigenvalue weighted by molar-refractivity contribution is -0.117. The number of hydrogen-bond acceptors (Lipinski definition) is 8. The van der Waals surface area contributed by atoms with Crippen molar-refractivity contribution >= 4 is 22.4 Å². The number of nitrogens with one attached hydrogen (secondary N) is 1. The van der Waals surface area contributed by atoms with Crippen molar-refractivity contribution in [3.05, 3.63) is 28.8 Å². The highest BCUT2D eigenvalue weighted by molar-refractivity contribution is 7.15. The molecule has 3 heterocycles. The van der Waals surface area contributed by atoms with Gasteiger partial charge in [-0.3, -0.25) is 15.0 Å². The van der Waals surface area contributed by atoms with E-state index in [4.69, 9.17) is 14.2 Å². The van der Waals surface area contributed by atoms with Gasteiger partial charge in [0.25, 0.3) is 0 Å². The van der Waals surface area contributed by atoms with E-state index in [1.807, 2.05) is 30.1 Å². The van der Waals surface area contributed by atoms with Crippen molar-refractivity contribution < 1.29 is 19.0 Å². The summed E-state index contributed by atoms with van der Waals surface area (Å²) in [5.74, 6) is 1.38. The zero-order valence-corrected chi connectivity index (χ0v) is 15.3. The zero-order chi connectivity index (χ0) is 17.9. The third-order valence-electron chi connectivity index (χ3n) is 4.20. The van der Waals surface area contributed by atoms with E-state index in [2.05, 4.69) is 15.5 Å². The molecule has 0 bridgehead atoms. The smallest absolute Gasteiger partial charge is 0.240 e. The van der Waals surface area contributed by atoms with Crippen LogP contribution in [-0.4, -0.2) is 48.0 Å². The topological polar surface area (TPSA) is 85.8 Å². The third kappa shape index (κ3) is 3.95. The van der Waals surface area contributed by atoms with E-state index in [0.717, 1.165) is 41.5 Å². The predicted octanol–water partition coefficient (Wildman–Crippen LogP) is 2.19. The Kier molecular flexibility index (Phi) is 5.00. The van der Waals surface area contributed by atoms with Gasteiger partial charge >= 0.3 is 0 Å². The van der Waals surface area contributed by atoms with Crippen LogP contribution in [-0.2, 0) is 16.1 Å². The standard InChI is InChI=1S/C17H20N4O4S/c1-21(8-11-4-5-12-14(7-11)25-10-24-12)9-15(22)18-17-20-19-16(26-17)13-3-2-6-23-13/h4-5,7,13H,2-3,6,8-10H2,1H3,(H,18,20,22)/t13-/m0/s1. The van der Waals surface area contributed by atoms with Crippen LogP contribution in [0.4, 0.5) is 5.13 Å². The van der Waals surface area contributed by atoms with E-state index in [1.54, 1.807) is 0 Å². The summed E-state index contributed by atoms with van der Waals surface area (Å²) in [5, 5.41) is 12.3. The number of anilines is 1. The molecule has 138 valence electrons. The van der Waals surface area contributed by atoms with Gasteiger partial charge in [-0.05, 0) is 37.6 Å². The summed E-state index contributed by atoms with van der Waals surface area (Å²) < 4.78 is 16.3. The van der Waals surface area contributed by atoms with Crippen molar-refractivity contribution in [3.63, 3.8) is 0 Å². The number of carbonyl (C=O) groups excluding carboxylic acids is 1. The second-order valence-corrected chi connectivity index (χ2v) is 7.36. The number of carbonyl (C=O) groups is 1. The molecule has 0 saturated carbocycles. The number of benzene rings is 1. The summed E-state index contributed by atoms with van der Waals surface area (Å²) in [4.78, 5) is 14.2. The lowest BCUT2D eigenvalue weighted by Gasteiger charge is -2.16. The van der Waals surface area contributed by atoms with Crippen LogP contribution in [0.3, 0.4) is 0 Å². The van der Waals surface area contributed by atoms with Crippen molar-refractivity contribution in [2.45, 2.75) is 25.5 Å². The van der Waals surface area contributed by atoms with Crippen molar-refractivity contribution in [1.82, 2.24) is 15.1 Å². The maximum atomic E-state index is 12.2. The molecule has 1 amide bonds. The van der Waals surface area contributed by atoms with Gasteiger partial charge in [0, 0.05) is 13.2 Å². The molecule has 2 aromatic rings. The molecule has 9 heteroatoms. The molecule has 1 fully saturated rings. The Balaban J connectivity index is 1.28. The first-order valence-corrected chi connectivity index (χ1v) is 9.31. The van der Waals surface area contributed by atoms with Gasteiger partial charge in [-0.1, -0.05) is 17.4 Å². The number of rotatable bonds is 6. The summed E-state index contributed by atoms with van der Waals surface area (Å²) in [6, 6.07) is 5.80. The molecule has 0 spiro atoms. The molecule has 4 rings (SSSR count). The monoisotopic (exact) mass is 376 g/mol.